The first-order valence-corrected chi connectivity index (χ1v) is 8.41. The predicted molar refractivity (Wildman–Crippen MR) is 104 cm³/mol. The molecule has 0 amide bonds. The molecule has 0 fully saturated rings. The third-order valence-electron chi connectivity index (χ3n) is 3.72. The summed E-state index contributed by atoms with van der Waals surface area (Å²) in [6.45, 7) is 4.64. The van der Waals surface area contributed by atoms with Crippen LogP contribution in [0.15, 0.2) is 54.9 Å². The Bertz CT molecular complexity index is 866. The Morgan fingerprint density at radius 3 is 2.35 bits per heavy atom. The lowest BCUT2D eigenvalue weighted by atomic mass is 10.2. The van der Waals surface area contributed by atoms with Crippen LogP contribution in [0.4, 0.5) is 23.0 Å². The molecule has 0 saturated carbocycles. The lowest BCUT2D eigenvalue weighted by Crippen LogP contribution is -2.00. The van der Waals surface area contributed by atoms with Gasteiger partial charge < -0.3 is 20.1 Å². The lowest BCUT2D eigenvalue weighted by molar-refractivity contribution is 0.340. The summed E-state index contributed by atoms with van der Waals surface area (Å²) in [5.41, 5.74) is 2.92. The van der Waals surface area contributed by atoms with Crippen molar-refractivity contribution in [2.45, 2.75) is 13.8 Å². The number of nitrogens with zero attached hydrogens (tertiary/aromatic N) is 2. The lowest BCUT2D eigenvalue weighted by Gasteiger charge is -2.12. The molecule has 0 saturated heterocycles. The highest BCUT2D eigenvalue weighted by Gasteiger charge is 2.06. The molecule has 0 aliphatic heterocycles. The Morgan fingerprint density at radius 2 is 1.65 bits per heavy atom. The molecule has 134 valence electrons. The van der Waals surface area contributed by atoms with E-state index >= 15 is 0 Å². The van der Waals surface area contributed by atoms with Gasteiger partial charge in [0.2, 0.25) is 0 Å². The van der Waals surface area contributed by atoms with Crippen molar-refractivity contribution >= 4 is 23.0 Å². The quantitative estimate of drug-likeness (QED) is 0.645. The van der Waals surface area contributed by atoms with Crippen molar-refractivity contribution in [2.75, 3.05) is 24.4 Å². The van der Waals surface area contributed by atoms with Crippen molar-refractivity contribution < 1.29 is 9.47 Å². The van der Waals surface area contributed by atoms with E-state index in [1.807, 2.05) is 62.4 Å². The van der Waals surface area contributed by atoms with Gasteiger partial charge >= 0.3 is 0 Å². The average molecular weight is 350 g/mol. The highest BCUT2D eigenvalue weighted by Crippen LogP contribution is 2.28. The number of benzene rings is 2. The van der Waals surface area contributed by atoms with Gasteiger partial charge in [-0.05, 0) is 55.8 Å². The molecule has 0 atom stereocenters. The van der Waals surface area contributed by atoms with Gasteiger partial charge in [0, 0.05) is 11.8 Å². The van der Waals surface area contributed by atoms with Gasteiger partial charge in [0.1, 0.15) is 29.5 Å². The highest BCUT2D eigenvalue weighted by molar-refractivity contribution is 5.67. The number of nitrogens with one attached hydrogen (secondary N) is 2. The minimum Gasteiger partial charge on any atom is -0.495 e. The summed E-state index contributed by atoms with van der Waals surface area (Å²) >= 11 is 0. The number of ether oxygens (including phenoxy) is 2. The predicted octanol–water partition coefficient (Wildman–Crippen LogP) is 4.68. The van der Waals surface area contributed by atoms with Gasteiger partial charge in [-0.25, -0.2) is 9.97 Å². The van der Waals surface area contributed by atoms with Crippen molar-refractivity contribution in [2.24, 2.45) is 0 Å². The largest absolute Gasteiger partial charge is 0.495 e. The summed E-state index contributed by atoms with van der Waals surface area (Å²) in [6, 6.07) is 15.5. The van der Waals surface area contributed by atoms with E-state index in [2.05, 4.69) is 20.6 Å². The molecular weight excluding hydrogens is 328 g/mol. The van der Waals surface area contributed by atoms with Crippen LogP contribution in [0, 0.1) is 6.92 Å². The molecule has 3 aromatic rings. The third kappa shape index (κ3) is 4.42. The molecule has 6 nitrogen and oxygen atoms in total. The molecule has 0 aliphatic carbocycles. The molecule has 0 bridgehead atoms. The van der Waals surface area contributed by atoms with Crippen molar-refractivity contribution in [1.82, 2.24) is 9.97 Å². The zero-order chi connectivity index (χ0) is 18.4. The number of anilines is 4. The smallest absolute Gasteiger partial charge is 0.142 e. The number of aromatic nitrogens is 2. The Hall–Kier alpha value is -3.28. The number of aryl methyl sites for hydroxylation is 1. The van der Waals surface area contributed by atoms with Crippen LogP contribution in [-0.2, 0) is 0 Å². The van der Waals surface area contributed by atoms with Crippen LogP contribution in [0.25, 0.3) is 0 Å². The van der Waals surface area contributed by atoms with E-state index in [0.29, 0.717) is 18.2 Å². The van der Waals surface area contributed by atoms with Crippen LogP contribution in [0.3, 0.4) is 0 Å². The van der Waals surface area contributed by atoms with Crippen LogP contribution in [0.2, 0.25) is 0 Å². The fourth-order valence-electron chi connectivity index (χ4n) is 2.50. The van der Waals surface area contributed by atoms with Crippen LogP contribution in [0.5, 0.6) is 11.5 Å². The number of methoxy groups -OCH3 is 1. The molecule has 1 aromatic heterocycles. The van der Waals surface area contributed by atoms with Gasteiger partial charge in [-0.1, -0.05) is 6.07 Å². The van der Waals surface area contributed by atoms with E-state index in [4.69, 9.17) is 9.47 Å². The second-order valence-electron chi connectivity index (χ2n) is 5.70. The van der Waals surface area contributed by atoms with E-state index in [0.717, 1.165) is 28.4 Å². The normalized spacial score (nSPS) is 10.3. The van der Waals surface area contributed by atoms with Crippen molar-refractivity contribution in [3.05, 3.63) is 60.4 Å². The summed E-state index contributed by atoms with van der Waals surface area (Å²) in [5.74, 6) is 2.97. The van der Waals surface area contributed by atoms with Gasteiger partial charge in [-0.2, -0.15) is 0 Å². The summed E-state index contributed by atoms with van der Waals surface area (Å²) in [5, 5.41) is 6.54. The number of rotatable bonds is 7. The van der Waals surface area contributed by atoms with E-state index in [1.165, 1.54) is 6.33 Å². The zero-order valence-corrected chi connectivity index (χ0v) is 15.1. The summed E-state index contributed by atoms with van der Waals surface area (Å²) in [6.07, 6.45) is 1.52. The van der Waals surface area contributed by atoms with Gasteiger partial charge in [-0.15, -0.1) is 0 Å². The molecule has 2 N–H and O–H groups in total. The molecule has 0 unspecified atom stereocenters. The maximum Gasteiger partial charge on any atom is 0.142 e. The molecule has 3 rings (SSSR count). The van der Waals surface area contributed by atoms with Crippen LogP contribution in [-0.4, -0.2) is 23.7 Å². The molecule has 26 heavy (non-hydrogen) atoms. The van der Waals surface area contributed by atoms with Crippen LogP contribution >= 0.6 is 0 Å². The van der Waals surface area contributed by atoms with E-state index in [1.54, 1.807) is 7.11 Å². The first-order chi connectivity index (χ1) is 12.7. The summed E-state index contributed by atoms with van der Waals surface area (Å²) in [4.78, 5) is 8.55. The molecule has 0 aliphatic rings. The Labute approximate surface area is 153 Å². The maximum atomic E-state index is 5.45. The topological polar surface area (TPSA) is 68.3 Å². The first kappa shape index (κ1) is 17.5. The van der Waals surface area contributed by atoms with Crippen LogP contribution < -0.4 is 20.1 Å². The average Bonchev–Trinajstić information content (AvgIpc) is 2.64. The van der Waals surface area contributed by atoms with Crippen molar-refractivity contribution in [3.63, 3.8) is 0 Å². The van der Waals surface area contributed by atoms with Crippen LogP contribution in [0.1, 0.15) is 12.5 Å². The SMILES string of the molecule is CCOc1ccc(Nc2cc(Nc3cc(C)ccc3OC)ncn2)cc1. The molecule has 2 aromatic carbocycles. The second-order valence-corrected chi connectivity index (χ2v) is 5.70. The first-order valence-electron chi connectivity index (χ1n) is 8.41. The second kappa shape index (κ2) is 8.20. The number of hydrogen-bond donors (Lipinski definition) is 2. The Kier molecular flexibility index (Phi) is 5.53. The van der Waals surface area contributed by atoms with E-state index in [9.17, 15) is 0 Å². The third-order valence-corrected chi connectivity index (χ3v) is 3.72. The summed E-state index contributed by atoms with van der Waals surface area (Å²) in [7, 11) is 1.65. The molecule has 0 radical (unpaired) electrons. The van der Waals surface area contributed by atoms with E-state index in [-0.39, 0.29) is 0 Å². The molecule has 1 heterocycles. The van der Waals surface area contributed by atoms with Gasteiger partial charge in [0.05, 0.1) is 19.4 Å². The summed E-state index contributed by atoms with van der Waals surface area (Å²) < 4.78 is 10.8. The van der Waals surface area contributed by atoms with Gasteiger partial charge in [-0.3, -0.25) is 0 Å². The number of hydrogen-bond acceptors (Lipinski definition) is 6. The fourth-order valence-corrected chi connectivity index (χ4v) is 2.50. The fraction of sp³-hybridized carbons (Fsp3) is 0.200. The molecular formula is C20H22N4O2. The Balaban J connectivity index is 1.75. The molecule has 0 spiro atoms. The molecule has 6 heteroatoms. The standard InChI is InChI=1S/C20H22N4O2/c1-4-26-16-8-6-15(7-9-16)23-19-12-20(22-13-21-19)24-17-11-14(2)5-10-18(17)25-3/h5-13H,4H2,1-3H3,(H2,21,22,23,24). The maximum absolute atomic E-state index is 5.45. The van der Waals surface area contributed by atoms with E-state index < -0.39 is 0 Å². The Morgan fingerprint density at radius 1 is 0.923 bits per heavy atom. The monoisotopic (exact) mass is 350 g/mol. The van der Waals surface area contributed by atoms with Gasteiger partial charge in [0.25, 0.3) is 0 Å². The highest BCUT2D eigenvalue weighted by atomic mass is 16.5. The minimum absolute atomic E-state index is 0.649. The minimum atomic E-state index is 0.649. The van der Waals surface area contributed by atoms with Crippen molar-refractivity contribution in [1.29, 1.82) is 0 Å². The zero-order valence-electron chi connectivity index (χ0n) is 15.1. The van der Waals surface area contributed by atoms with Crippen molar-refractivity contribution in [3.8, 4) is 11.5 Å². The van der Waals surface area contributed by atoms with Gasteiger partial charge in [0.15, 0.2) is 0 Å².